The third kappa shape index (κ3) is 2.30. The van der Waals surface area contributed by atoms with Crippen molar-refractivity contribution in [1.82, 2.24) is 14.7 Å². The molecule has 110 valence electrons. The summed E-state index contributed by atoms with van der Waals surface area (Å²) < 4.78 is 1.66. The molecule has 1 saturated heterocycles. The minimum absolute atomic E-state index is 0.0472. The monoisotopic (exact) mass is 279 g/mol. The molecule has 0 bridgehead atoms. The first kappa shape index (κ1) is 14.6. The smallest absolute Gasteiger partial charge is 0.309 e. The lowest BCUT2D eigenvalue weighted by molar-refractivity contribution is -0.142. The van der Waals surface area contributed by atoms with Crippen LogP contribution in [0.3, 0.4) is 0 Å². The maximum Gasteiger partial charge on any atom is 0.309 e. The van der Waals surface area contributed by atoms with Gasteiger partial charge in [0.15, 0.2) is 0 Å². The molecule has 1 aliphatic heterocycles. The minimum atomic E-state index is -0.932. The van der Waals surface area contributed by atoms with Crippen LogP contribution >= 0.6 is 0 Å². The van der Waals surface area contributed by atoms with Gasteiger partial charge in [-0.25, -0.2) is 0 Å². The Kier molecular flexibility index (Phi) is 3.36. The lowest BCUT2D eigenvalue weighted by atomic mass is 9.92. The molecule has 0 aliphatic carbocycles. The number of aryl methyl sites for hydroxylation is 2. The highest BCUT2D eigenvalue weighted by atomic mass is 16.4. The summed E-state index contributed by atoms with van der Waals surface area (Å²) in [6.45, 7) is 7.62. The highest BCUT2D eigenvalue weighted by molar-refractivity contribution is 5.88. The summed E-state index contributed by atoms with van der Waals surface area (Å²) in [5.74, 6) is -1.76. The Balaban J connectivity index is 2.55. The van der Waals surface area contributed by atoms with E-state index in [0.717, 1.165) is 11.3 Å². The van der Waals surface area contributed by atoms with E-state index in [4.69, 9.17) is 0 Å². The molecular weight excluding hydrogens is 258 g/mol. The number of nitrogens with zero attached hydrogens (tertiary/aromatic N) is 3. The highest BCUT2D eigenvalue weighted by Gasteiger charge is 2.49. The number of aromatic nitrogens is 2. The fourth-order valence-electron chi connectivity index (χ4n) is 3.01. The van der Waals surface area contributed by atoms with Gasteiger partial charge in [0.1, 0.15) is 0 Å². The lowest BCUT2D eigenvalue weighted by Crippen LogP contribution is -2.44. The van der Waals surface area contributed by atoms with Gasteiger partial charge in [0.2, 0.25) is 5.91 Å². The van der Waals surface area contributed by atoms with E-state index in [9.17, 15) is 14.7 Å². The molecule has 6 heteroatoms. The van der Waals surface area contributed by atoms with Crippen molar-refractivity contribution in [3.63, 3.8) is 0 Å². The van der Waals surface area contributed by atoms with Crippen LogP contribution in [-0.2, 0) is 16.6 Å². The molecule has 0 radical (unpaired) electrons. The van der Waals surface area contributed by atoms with Crippen molar-refractivity contribution in [2.24, 2.45) is 13.0 Å². The topological polar surface area (TPSA) is 75.4 Å². The second-order valence-corrected chi connectivity index (χ2v) is 6.37. The van der Waals surface area contributed by atoms with Crippen LogP contribution in [0.1, 0.15) is 44.5 Å². The molecule has 2 unspecified atom stereocenters. The molecule has 0 aromatic carbocycles. The highest BCUT2D eigenvalue weighted by Crippen LogP contribution is 2.43. The van der Waals surface area contributed by atoms with Crippen molar-refractivity contribution in [2.75, 3.05) is 0 Å². The zero-order valence-electron chi connectivity index (χ0n) is 12.5. The van der Waals surface area contributed by atoms with Crippen LogP contribution in [-0.4, -0.2) is 37.2 Å². The van der Waals surface area contributed by atoms with Crippen LogP contribution in [0.2, 0.25) is 0 Å². The van der Waals surface area contributed by atoms with Crippen LogP contribution in [0.15, 0.2) is 6.20 Å². The van der Waals surface area contributed by atoms with Gasteiger partial charge in [0.25, 0.3) is 0 Å². The van der Waals surface area contributed by atoms with Crippen molar-refractivity contribution in [2.45, 2.75) is 45.7 Å². The van der Waals surface area contributed by atoms with Crippen molar-refractivity contribution in [3.05, 3.63) is 17.5 Å². The molecule has 20 heavy (non-hydrogen) atoms. The molecule has 1 N–H and O–H groups in total. The van der Waals surface area contributed by atoms with Gasteiger partial charge >= 0.3 is 5.97 Å². The summed E-state index contributed by atoms with van der Waals surface area (Å²) in [5.41, 5.74) is 1.17. The van der Waals surface area contributed by atoms with E-state index in [1.807, 2.05) is 33.9 Å². The standard InChI is InChI=1S/C14H21N3O3/c1-8-10(7-16(5)15-8)12-9(13(19)20)6-11(18)17(12)14(2,3)4/h7,9,12H,6H2,1-5H3,(H,19,20). The van der Waals surface area contributed by atoms with Gasteiger partial charge in [-0.2, -0.15) is 5.10 Å². The second kappa shape index (κ2) is 4.61. The third-order valence-corrected chi connectivity index (χ3v) is 3.73. The predicted octanol–water partition coefficient (Wildman–Crippen LogP) is 1.50. The summed E-state index contributed by atoms with van der Waals surface area (Å²) in [6.07, 6.45) is 1.86. The zero-order valence-corrected chi connectivity index (χ0v) is 12.5. The fraction of sp³-hybridized carbons (Fsp3) is 0.643. The number of carbonyl (C=O) groups is 2. The van der Waals surface area contributed by atoms with Gasteiger partial charge in [-0.15, -0.1) is 0 Å². The summed E-state index contributed by atoms with van der Waals surface area (Å²) >= 11 is 0. The second-order valence-electron chi connectivity index (χ2n) is 6.37. The predicted molar refractivity (Wildman–Crippen MR) is 73.0 cm³/mol. The maximum absolute atomic E-state index is 12.3. The Morgan fingerprint density at radius 3 is 2.45 bits per heavy atom. The summed E-state index contributed by atoms with van der Waals surface area (Å²) in [6, 6.07) is -0.450. The van der Waals surface area contributed by atoms with Gasteiger partial charge in [-0.3, -0.25) is 14.3 Å². The van der Waals surface area contributed by atoms with Crippen LogP contribution < -0.4 is 0 Å². The first-order valence-electron chi connectivity index (χ1n) is 6.68. The van der Waals surface area contributed by atoms with E-state index in [0.29, 0.717) is 0 Å². The number of hydrogen-bond donors (Lipinski definition) is 1. The molecule has 2 heterocycles. The molecule has 0 saturated carbocycles. The van der Waals surface area contributed by atoms with E-state index in [1.54, 1.807) is 16.6 Å². The van der Waals surface area contributed by atoms with Gasteiger partial charge < -0.3 is 10.0 Å². The van der Waals surface area contributed by atoms with Gasteiger partial charge in [0.05, 0.1) is 17.7 Å². The Morgan fingerprint density at radius 2 is 2.05 bits per heavy atom. The summed E-state index contributed by atoms with van der Waals surface area (Å²) in [7, 11) is 1.80. The summed E-state index contributed by atoms with van der Waals surface area (Å²) in [5, 5.41) is 13.7. The number of amides is 1. The first-order chi connectivity index (χ1) is 9.12. The molecular formula is C14H21N3O3. The van der Waals surface area contributed by atoms with E-state index in [2.05, 4.69) is 5.10 Å². The Hall–Kier alpha value is -1.85. The van der Waals surface area contributed by atoms with Crippen molar-refractivity contribution < 1.29 is 14.7 Å². The minimum Gasteiger partial charge on any atom is -0.481 e. The molecule has 0 spiro atoms. The number of carboxylic acids is 1. The molecule has 1 fully saturated rings. The molecule has 2 rings (SSSR count). The van der Waals surface area contributed by atoms with Crippen LogP contribution in [0.4, 0.5) is 0 Å². The van der Waals surface area contributed by atoms with Crippen LogP contribution in [0.5, 0.6) is 0 Å². The molecule has 1 aromatic rings. The maximum atomic E-state index is 12.3. The van der Waals surface area contributed by atoms with Gasteiger partial charge in [-0.05, 0) is 27.7 Å². The van der Waals surface area contributed by atoms with E-state index in [1.165, 1.54) is 0 Å². The number of carboxylic acid groups (broad SMARTS) is 1. The molecule has 1 aromatic heterocycles. The largest absolute Gasteiger partial charge is 0.481 e. The Bertz CT molecular complexity index is 557. The Labute approximate surface area is 118 Å². The van der Waals surface area contributed by atoms with Crippen molar-refractivity contribution in [3.8, 4) is 0 Å². The quantitative estimate of drug-likeness (QED) is 0.890. The van der Waals surface area contributed by atoms with Crippen molar-refractivity contribution >= 4 is 11.9 Å². The number of rotatable bonds is 2. The summed E-state index contributed by atoms with van der Waals surface area (Å²) in [4.78, 5) is 25.5. The Morgan fingerprint density at radius 1 is 1.45 bits per heavy atom. The normalized spacial score (nSPS) is 23.4. The van der Waals surface area contributed by atoms with Crippen LogP contribution in [0.25, 0.3) is 0 Å². The third-order valence-electron chi connectivity index (χ3n) is 3.73. The van der Waals surface area contributed by atoms with Crippen LogP contribution in [0, 0.1) is 12.8 Å². The van der Waals surface area contributed by atoms with Gasteiger partial charge in [-0.1, -0.05) is 0 Å². The number of likely N-dealkylation sites (tertiary alicyclic amines) is 1. The zero-order chi connectivity index (χ0) is 15.2. The SMILES string of the molecule is Cc1nn(C)cc1C1C(C(=O)O)CC(=O)N1C(C)(C)C. The van der Waals surface area contributed by atoms with Crippen molar-refractivity contribution in [1.29, 1.82) is 0 Å². The van der Waals surface area contributed by atoms with Gasteiger partial charge in [0, 0.05) is 30.8 Å². The fourth-order valence-corrected chi connectivity index (χ4v) is 3.01. The van der Waals surface area contributed by atoms with E-state index >= 15 is 0 Å². The average molecular weight is 279 g/mol. The molecule has 1 amide bonds. The molecule has 1 aliphatic rings. The lowest BCUT2D eigenvalue weighted by Gasteiger charge is -2.38. The molecule has 2 atom stereocenters. The van der Waals surface area contributed by atoms with E-state index < -0.39 is 23.5 Å². The first-order valence-corrected chi connectivity index (χ1v) is 6.68. The number of hydrogen-bond acceptors (Lipinski definition) is 3. The number of carbonyl (C=O) groups excluding carboxylic acids is 1. The number of aliphatic carboxylic acids is 1. The average Bonchev–Trinajstić information content (AvgIpc) is 2.77. The van der Waals surface area contributed by atoms with E-state index in [-0.39, 0.29) is 12.3 Å². The molecule has 6 nitrogen and oxygen atoms in total.